The number of carbonyl (C=O) groups excluding carboxylic acids is 1. The SMILES string of the molecule is COc1cc(C(=O)/C=C/c2ccc(OCCC(C)C)c(OC)c2)ccc1O. The molecule has 0 amide bonds. The number of aromatic hydroxyl groups is 1. The van der Waals surface area contributed by atoms with Gasteiger partial charge in [0.2, 0.25) is 0 Å². The number of hydrogen-bond donors (Lipinski definition) is 1. The maximum Gasteiger partial charge on any atom is 0.185 e. The highest BCUT2D eigenvalue weighted by atomic mass is 16.5. The molecule has 0 unspecified atom stereocenters. The predicted molar refractivity (Wildman–Crippen MR) is 106 cm³/mol. The van der Waals surface area contributed by atoms with Gasteiger partial charge in [-0.05, 0) is 54.3 Å². The Balaban J connectivity index is 2.10. The van der Waals surface area contributed by atoms with Crippen molar-refractivity contribution in [3.63, 3.8) is 0 Å². The Morgan fingerprint density at radius 3 is 2.44 bits per heavy atom. The largest absolute Gasteiger partial charge is 0.504 e. The summed E-state index contributed by atoms with van der Waals surface area (Å²) in [7, 11) is 3.03. The van der Waals surface area contributed by atoms with Crippen molar-refractivity contribution in [2.45, 2.75) is 20.3 Å². The first-order chi connectivity index (χ1) is 12.9. The Kier molecular flexibility index (Phi) is 7.29. The Morgan fingerprint density at radius 1 is 1.04 bits per heavy atom. The first-order valence-electron chi connectivity index (χ1n) is 8.84. The third-order valence-corrected chi connectivity index (χ3v) is 4.03. The number of hydrogen-bond acceptors (Lipinski definition) is 5. The molecule has 0 aliphatic rings. The lowest BCUT2D eigenvalue weighted by Crippen LogP contribution is -2.02. The number of ether oxygens (including phenoxy) is 3. The summed E-state index contributed by atoms with van der Waals surface area (Å²) in [6, 6.07) is 10.0. The van der Waals surface area contributed by atoms with Crippen molar-refractivity contribution in [2.24, 2.45) is 5.92 Å². The minimum atomic E-state index is -0.190. The maximum absolute atomic E-state index is 12.3. The van der Waals surface area contributed by atoms with Gasteiger partial charge in [0.25, 0.3) is 0 Å². The van der Waals surface area contributed by atoms with E-state index in [0.29, 0.717) is 29.6 Å². The molecule has 0 atom stereocenters. The van der Waals surface area contributed by atoms with E-state index in [2.05, 4.69) is 13.8 Å². The van der Waals surface area contributed by atoms with Crippen LogP contribution in [0.5, 0.6) is 23.0 Å². The van der Waals surface area contributed by atoms with Gasteiger partial charge in [0, 0.05) is 5.56 Å². The van der Waals surface area contributed by atoms with Crippen molar-refractivity contribution in [2.75, 3.05) is 20.8 Å². The standard InChI is InChI=1S/C22H26O5/c1-15(2)11-12-27-20-10-6-16(13-22(20)26-4)5-8-18(23)17-7-9-19(24)21(14-17)25-3/h5-10,13-15,24H,11-12H2,1-4H3/b8-5+. The summed E-state index contributed by atoms with van der Waals surface area (Å²) in [6.45, 7) is 4.93. The summed E-state index contributed by atoms with van der Waals surface area (Å²) >= 11 is 0. The quantitative estimate of drug-likeness (QED) is 0.511. The lowest BCUT2D eigenvalue weighted by Gasteiger charge is -2.12. The number of allylic oxidation sites excluding steroid dienone is 1. The van der Waals surface area contributed by atoms with Gasteiger partial charge in [-0.1, -0.05) is 26.0 Å². The predicted octanol–water partition coefficient (Wildman–Crippen LogP) is 4.73. The summed E-state index contributed by atoms with van der Waals surface area (Å²) in [5, 5.41) is 9.62. The smallest absolute Gasteiger partial charge is 0.185 e. The zero-order chi connectivity index (χ0) is 19.8. The molecule has 0 spiro atoms. The molecule has 5 heteroatoms. The first kappa shape index (κ1) is 20.4. The van der Waals surface area contributed by atoms with Crippen LogP contribution in [0.25, 0.3) is 6.08 Å². The van der Waals surface area contributed by atoms with Gasteiger partial charge in [-0.15, -0.1) is 0 Å². The van der Waals surface area contributed by atoms with E-state index in [-0.39, 0.29) is 17.3 Å². The number of carbonyl (C=O) groups is 1. The van der Waals surface area contributed by atoms with Gasteiger partial charge in [0.15, 0.2) is 28.8 Å². The van der Waals surface area contributed by atoms with Crippen LogP contribution >= 0.6 is 0 Å². The van der Waals surface area contributed by atoms with Gasteiger partial charge in [-0.25, -0.2) is 0 Å². The number of phenolic OH excluding ortho intramolecular Hbond substituents is 1. The van der Waals surface area contributed by atoms with Crippen molar-refractivity contribution in [3.8, 4) is 23.0 Å². The number of phenols is 1. The molecule has 0 aromatic heterocycles. The van der Waals surface area contributed by atoms with Gasteiger partial charge in [0.05, 0.1) is 20.8 Å². The van der Waals surface area contributed by atoms with Gasteiger partial charge in [-0.3, -0.25) is 4.79 Å². The fraction of sp³-hybridized carbons (Fsp3) is 0.318. The Labute approximate surface area is 160 Å². The van der Waals surface area contributed by atoms with Crippen LogP contribution in [-0.4, -0.2) is 31.7 Å². The van der Waals surface area contributed by atoms with E-state index >= 15 is 0 Å². The van der Waals surface area contributed by atoms with E-state index < -0.39 is 0 Å². The number of methoxy groups -OCH3 is 2. The van der Waals surface area contributed by atoms with E-state index in [0.717, 1.165) is 12.0 Å². The second-order valence-corrected chi connectivity index (χ2v) is 6.53. The van der Waals surface area contributed by atoms with Crippen LogP contribution in [-0.2, 0) is 0 Å². The van der Waals surface area contributed by atoms with Crippen molar-refractivity contribution in [3.05, 3.63) is 53.6 Å². The lowest BCUT2D eigenvalue weighted by molar-refractivity contribution is 0.104. The molecule has 0 bridgehead atoms. The van der Waals surface area contributed by atoms with Crippen LogP contribution in [0.1, 0.15) is 36.2 Å². The van der Waals surface area contributed by atoms with Gasteiger partial charge < -0.3 is 19.3 Å². The Morgan fingerprint density at radius 2 is 1.78 bits per heavy atom. The zero-order valence-corrected chi connectivity index (χ0v) is 16.2. The molecule has 0 heterocycles. The molecule has 27 heavy (non-hydrogen) atoms. The van der Waals surface area contributed by atoms with E-state index in [1.54, 1.807) is 19.3 Å². The average Bonchev–Trinajstić information content (AvgIpc) is 2.66. The van der Waals surface area contributed by atoms with Gasteiger partial charge >= 0.3 is 0 Å². The van der Waals surface area contributed by atoms with E-state index in [1.807, 2.05) is 18.2 Å². The molecule has 5 nitrogen and oxygen atoms in total. The Hall–Kier alpha value is -2.95. The molecule has 0 saturated carbocycles. The Bertz CT molecular complexity index is 808. The molecular weight excluding hydrogens is 344 g/mol. The zero-order valence-electron chi connectivity index (χ0n) is 16.2. The normalized spacial score (nSPS) is 11.0. The molecule has 0 radical (unpaired) electrons. The van der Waals surface area contributed by atoms with E-state index in [1.165, 1.54) is 25.3 Å². The van der Waals surface area contributed by atoms with Gasteiger partial charge in [0.1, 0.15) is 0 Å². The topological polar surface area (TPSA) is 65.0 Å². The third-order valence-electron chi connectivity index (χ3n) is 4.03. The number of rotatable bonds is 9. The number of ketones is 1. The summed E-state index contributed by atoms with van der Waals surface area (Å²) < 4.78 is 16.2. The average molecular weight is 370 g/mol. The van der Waals surface area contributed by atoms with Crippen molar-refractivity contribution >= 4 is 11.9 Å². The molecule has 144 valence electrons. The van der Waals surface area contributed by atoms with Crippen LogP contribution in [0, 0.1) is 5.92 Å². The number of benzene rings is 2. The fourth-order valence-electron chi connectivity index (χ4n) is 2.41. The molecule has 0 aliphatic heterocycles. The highest BCUT2D eigenvalue weighted by molar-refractivity contribution is 6.07. The minimum Gasteiger partial charge on any atom is -0.504 e. The monoisotopic (exact) mass is 370 g/mol. The van der Waals surface area contributed by atoms with Gasteiger partial charge in [-0.2, -0.15) is 0 Å². The van der Waals surface area contributed by atoms with Crippen LogP contribution in [0.2, 0.25) is 0 Å². The van der Waals surface area contributed by atoms with Crippen molar-refractivity contribution in [1.82, 2.24) is 0 Å². The first-order valence-corrected chi connectivity index (χ1v) is 8.84. The molecular formula is C22H26O5. The molecule has 0 aliphatic carbocycles. The van der Waals surface area contributed by atoms with Crippen LogP contribution in [0.3, 0.4) is 0 Å². The summed E-state index contributed by atoms with van der Waals surface area (Å²) in [4.78, 5) is 12.3. The van der Waals surface area contributed by atoms with Crippen molar-refractivity contribution < 1.29 is 24.1 Å². The summed E-state index contributed by atoms with van der Waals surface area (Å²) in [5.41, 5.74) is 1.25. The molecule has 2 aromatic rings. The summed E-state index contributed by atoms with van der Waals surface area (Å²) in [6.07, 6.45) is 4.15. The highest BCUT2D eigenvalue weighted by Crippen LogP contribution is 2.29. The highest BCUT2D eigenvalue weighted by Gasteiger charge is 2.08. The fourth-order valence-corrected chi connectivity index (χ4v) is 2.41. The second kappa shape index (κ2) is 9.67. The van der Waals surface area contributed by atoms with Crippen LogP contribution in [0.15, 0.2) is 42.5 Å². The molecule has 1 N–H and O–H groups in total. The van der Waals surface area contributed by atoms with Crippen LogP contribution in [0.4, 0.5) is 0 Å². The molecule has 2 rings (SSSR count). The maximum atomic E-state index is 12.3. The second-order valence-electron chi connectivity index (χ2n) is 6.53. The van der Waals surface area contributed by atoms with Crippen LogP contribution < -0.4 is 14.2 Å². The third kappa shape index (κ3) is 5.78. The minimum absolute atomic E-state index is 0.00387. The molecule has 0 saturated heterocycles. The summed E-state index contributed by atoms with van der Waals surface area (Å²) in [5.74, 6) is 1.95. The van der Waals surface area contributed by atoms with E-state index in [4.69, 9.17) is 14.2 Å². The molecule has 2 aromatic carbocycles. The van der Waals surface area contributed by atoms with E-state index in [9.17, 15) is 9.90 Å². The lowest BCUT2D eigenvalue weighted by atomic mass is 10.1. The van der Waals surface area contributed by atoms with Crippen molar-refractivity contribution in [1.29, 1.82) is 0 Å². The molecule has 0 fully saturated rings.